The number of hydrogen-bond donors (Lipinski definition) is 0. The van der Waals surface area contributed by atoms with Gasteiger partial charge in [-0.1, -0.05) is 6.07 Å². The second-order valence-corrected chi connectivity index (χ2v) is 5.73. The molecule has 0 radical (unpaired) electrons. The average Bonchev–Trinajstić information content (AvgIpc) is 2.80. The van der Waals surface area contributed by atoms with Gasteiger partial charge in [-0.3, -0.25) is 4.79 Å². The number of fused-ring (bicyclic) bond motifs is 1. The minimum Gasteiger partial charge on any atom is -0.490 e. The van der Waals surface area contributed by atoms with E-state index in [9.17, 15) is 9.59 Å². The number of carbonyl (C=O) groups is 2. The summed E-state index contributed by atoms with van der Waals surface area (Å²) < 4.78 is 16.4. The minimum absolute atomic E-state index is 0.0218. The van der Waals surface area contributed by atoms with Crippen LogP contribution in [0.1, 0.15) is 37.7 Å². The second kappa shape index (κ2) is 7.31. The molecular weight excluding hydrogens is 296 g/mol. The lowest BCUT2D eigenvalue weighted by molar-refractivity contribution is -0.152. The van der Waals surface area contributed by atoms with E-state index >= 15 is 0 Å². The summed E-state index contributed by atoms with van der Waals surface area (Å²) in [7, 11) is 0. The topological polar surface area (TPSA) is 61.8 Å². The number of carbonyl (C=O) groups excluding carboxylic acids is 2. The molecule has 3 rings (SSSR count). The van der Waals surface area contributed by atoms with Crippen molar-refractivity contribution in [1.29, 1.82) is 0 Å². The van der Waals surface area contributed by atoms with Gasteiger partial charge in [-0.25, -0.2) is 4.79 Å². The zero-order chi connectivity index (χ0) is 16.1. The molecule has 0 aromatic heterocycles. The molecule has 0 unspecified atom stereocenters. The molecular formula is C18H20O5. The van der Waals surface area contributed by atoms with Crippen LogP contribution in [0.2, 0.25) is 0 Å². The van der Waals surface area contributed by atoms with Crippen LogP contribution in [0.4, 0.5) is 0 Å². The summed E-state index contributed by atoms with van der Waals surface area (Å²) >= 11 is 0. The number of Topliss-reactive ketones (excluding diaryl/α,β-unsaturated/α-hetero) is 1. The second-order valence-electron chi connectivity index (χ2n) is 5.73. The summed E-state index contributed by atoms with van der Waals surface area (Å²) in [6, 6.07) is 5.51. The molecule has 1 fully saturated rings. The van der Waals surface area contributed by atoms with E-state index in [-0.39, 0.29) is 5.78 Å². The van der Waals surface area contributed by atoms with Gasteiger partial charge in [0, 0.05) is 18.9 Å². The van der Waals surface area contributed by atoms with Crippen molar-refractivity contribution in [3.8, 4) is 11.5 Å². The van der Waals surface area contributed by atoms with Gasteiger partial charge in [0.25, 0.3) is 0 Å². The van der Waals surface area contributed by atoms with Crippen molar-refractivity contribution in [3.05, 3.63) is 29.8 Å². The van der Waals surface area contributed by atoms with E-state index in [1.54, 1.807) is 6.08 Å². The largest absolute Gasteiger partial charge is 0.490 e. The summed E-state index contributed by atoms with van der Waals surface area (Å²) in [5.74, 6) is 0.932. The molecule has 1 heterocycles. The number of ketones is 1. The third-order valence-corrected chi connectivity index (χ3v) is 3.94. The van der Waals surface area contributed by atoms with Gasteiger partial charge >= 0.3 is 5.97 Å². The maximum Gasteiger partial charge on any atom is 0.331 e. The number of benzene rings is 1. The molecule has 1 atom stereocenters. The lowest BCUT2D eigenvalue weighted by Gasteiger charge is -2.19. The Kier molecular flexibility index (Phi) is 4.95. The zero-order valence-corrected chi connectivity index (χ0v) is 13.0. The van der Waals surface area contributed by atoms with Crippen molar-refractivity contribution in [1.82, 2.24) is 0 Å². The van der Waals surface area contributed by atoms with Gasteiger partial charge < -0.3 is 14.2 Å². The van der Waals surface area contributed by atoms with E-state index in [0.29, 0.717) is 31.8 Å². The van der Waals surface area contributed by atoms with Crippen molar-refractivity contribution in [2.45, 2.75) is 38.2 Å². The van der Waals surface area contributed by atoms with E-state index in [1.165, 1.54) is 6.08 Å². The fraction of sp³-hybridized carbons (Fsp3) is 0.444. The molecule has 23 heavy (non-hydrogen) atoms. The molecule has 1 aromatic carbocycles. The molecule has 0 saturated heterocycles. The Balaban J connectivity index is 1.62. The normalized spacial score (nSPS) is 21.0. The third-order valence-electron chi connectivity index (χ3n) is 3.94. The SMILES string of the molecule is O=C(/C=C/c1ccc2c(c1)OCCCO2)O[C@@H]1CCCCC1=O. The van der Waals surface area contributed by atoms with Gasteiger partial charge in [0.05, 0.1) is 13.2 Å². The van der Waals surface area contributed by atoms with E-state index in [2.05, 4.69) is 0 Å². The van der Waals surface area contributed by atoms with E-state index in [0.717, 1.165) is 30.6 Å². The number of hydrogen-bond acceptors (Lipinski definition) is 5. The molecule has 0 spiro atoms. The maximum atomic E-state index is 11.9. The molecule has 5 nitrogen and oxygen atoms in total. The van der Waals surface area contributed by atoms with Crippen molar-refractivity contribution < 1.29 is 23.8 Å². The fourth-order valence-corrected chi connectivity index (χ4v) is 2.70. The van der Waals surface area contributed by atoms with Crippen LogP contribution < -0.4 is 9.47 Å². The predicted molar refractivity (Wildman–Crippen MR) is 84.4 cm³/mol. The first kappa shape index (κ1) is 15.6. The summed E-state index contributed by atoms with van der Waals surface area (Å²) in [6.07, 6.45) is 6.22. The van der Waals surface area contributed by atoms with Crippen LogP contribution in [-0.2, 0) is 14.3 Å². The first-order valence-corrected chi connectivity index (χ1v) is 8.03. The Hall–Kier alpha value is -2.30. The Labute approximate surface area is 135 Å². The highest BCUT2D eigenvalue weighted by Crippen LogP contribution is 2.30. The molecule has 122 valence electrons. The predicted octanol–water partition coefficient (Wildman–Crippen LogP) is 2.92. The monoisotopic (exact) mass is 316 g/mol. The van der Waals surface area contributed by atoms with Gasteiger partial charge in [-0.15, -0.1) is 0 Å². The molecule has 0 bridgehead atoms. The molecule has 1 saturated carbocycles. The van der Waals surface area contributed by atoms with Crippen LogP contribution in [0.15, 0.2) is 24.3 Å². The third kappa shape index (κ3) is 4.12. The molecule has 2 aliphatic rings. The Morgan fingerprint density at radius 3 is 2.78 bits per heavy atom. The lowest BCUT2D eigenvalue weighted by atomic mass is 9.96. The van der Waals surface area contributed by atoms with Crippen LogP contribution in [0, 0.1) is 0 Å². The molecule has 1 aliphatic carbocycles. The van der Waals surface area contributed by atoms with Gasteiger partial charge in [-0.05, 0) is 43.0 Å². The highest BCUT2D eigenvalue weighted by molar-refractivity contribution is 5.91. The average molecular weight is 316 g/mol. The Morgan fingerprint density at radius 1 is 1.13 bits per heavy atom. The smallest absolute Gasteiger partial charge is 0.331 e. The summed E-state index contributed by atoms with van der Waals surface area (Å²) in [6.45, 7) is 1.26. The first-order valence-electron chi connectivity index (χ1n) is 8.03. The van der Waals surface area contributed by atoms with Crippen LogP contribution in [0.25, 0.3) is 6.08 Å². The molecule has 0 N–H and O–H groups in total. The Morgan fingerprint density at radius 2 is 1.96 bits per heavy atom. The van der Waals surface area contributed by atoms with Crippen molar-refractivity contribution in [3.63, 3.8) is 0 Å². The van der Waals surface area contributed by atoms with Crippen LogP contribution in [-0.4, -0.2) is 31.1 Å². The van der Waals surface area contributed by atoms with Crippen LogP contribution in [0.5, 0.6) is 11.5 Å². The Bertz CT molecular complexity index is 620. The maximum absolute atomic E-state index is 11.9. The summed E-state index contributed by atoms with van der Waals surface area (Å²) in [5, 5.41) is 0. The lowest BCUT2D eigenvalue weighted by Crippen LogP contribution is -2.29. The van der Waals surface area contributed by atoms with Crippen LogP contribution >= 0.6 is 0 Å². The first-order chi connectivity index (χ1) is 11.2. The summed E-state index contributed by atoms with van der Waals surface area (Å²) in [5.41, 5.74) is 0.821. The standard InChI is InChI=1S/C18H20O5/c19-14-4-1-2-5-15(14)23-18(20)9-7-13-6-8-16-17(12-13)22-11-3-10-21-16/h6-9,12,15H,1-5,10-11H2/b9-7+/t15-/m1/s1. The number of esters is 1. The van der Waals surface area contributed by atoms with Crippen molar-refractivity contribution >= 4 is 17.8 Å². The van der Waals surface area contributed by atoms with Gasteiger partial charge in [0.1, 0.15) is 0 Å². The molecule has 5 heteroatoms. The highest BCUT2D eigenvalue weighted by atomic mass is 16.5. The van der Waals surface area contributed by atoms with Gasteiger partial charge in [0.15, 0.2) is 23.4 Å². The number of ether oxygens (including phenoxy) is 3. The quantitative estimate of drug-likeness (QED) is 0.634. The van der Waals surface area contributed by atoms with E-state index in [1.807, 2.05) is 18.2 Å². The molecule has 0 amide bonds. The number of rotatable bonds is 3. The minimum atomic E-state index is -0.579. The van der Waals surface area contributed by atoms with Crippen LogP contribution in [0.3, 0.4) is 0 Å². The molecule has 1 aliphatic heterocycles. The van der Waals surface area contributed by atoms with Gasteiger partial charge in [-0.2, -0.15) is 0 Å². The fourth-order valence-electron chi connectivity index (χ4n) is 2.70. The van der Waals surface area contributed by atoms with E-state index < -0.39 is 12.1 Å². The van der Waals surface area contributed by atoms with Gasteiger partial charge in [0.2, 0.25) is 0 Å². The summed E-state index contributed by atoms with van der Waals surface area (Å²) in [4.78, 5) is 23.5. The molecule has 1 aromatic rings. The zero-order valence-electron chi connectivity index (χ0n) is 13.0. The van der Waals surface area contributed by atoms with E-state index in [4.69, 9.17) is 14.2 Å². The van der Waals surface area contributed by atoms with Crippen molar-refractivity contribution in [2.24, 2.45) is 0 Å². The highest BCUT2D eigenvalue weighted by Gasteiger charge is 2.24. The van der Waals surface area contributed by atoms with Crippen molar-refractivity contribution in [2.75, 3.05) is 13.2 Å².